The van der Waals surface area contributed by atoms with Crippen LogP contribution in [0.5, 0.6) is 11.5 Å². The molecule has 0 unspecified atom stereocenters. The van der Waals surface area contributed by atoms with E-state index in [4.69, 9.17) is 15.2 Å². The van der Waals surface area contributed by atoms with Gasteiger partial charge in [-0.2, -0.15) is 4.31 Å². The maximum absolute atomic E-state index is 13.0. The molecule has 0 aromatic heterocycles. The van der Waals surface area contributed by atoms with Crippen molar-refractivity contribution in [3.63, 3.8) is 0 Å². The van der Waals surface area contributed by atoms with E-state index in [1.54, 1.807) is 17.0 Å². The molecule has 0 saturated carbocycles. The number of amides is 1. The monoisotopic (exact) mass is 385 g/mol. The van der Waals surface area contributed by atoms with Crippen molar-refractivity contribution in [3.05, 3.63) is 18.2 Å². The van der Waals surface area contributed by atoms with E-state index < -0.39 is 16.1 Å². The molecule has 1 atom stereocenters. The maximum Gasteiger partial charge on any atom is 0.247 e. The van der Waals surface area contributed by atoms with Gasteiger partial charge < -0.3 is 20.1 Å². The van der Waals surface area contributed by atoms with E-state index in [1.807, 2.05) is 13.8 Å². The van der Waals surface area contributed by atoms with Crippen LogP contribution >= 0.6 is 0 Å². The molecule has 1 aromatic carbocycles. The molecule has 26 heavy (non-hydrogen) atoms. The molecule has 8 nitrogen and oxygen atoms in total. The minimum Gasteiger partial charge on any atom is -0.497 e. The molecule has 1 aliphatic heterocycles. The van der Waals surface area contributed by atoms with Gasteiger partial charge in [-0.25, -0.2) is 8.42 Å². The van der Waals surface area contributed by atoms with Crippen LogP contribution in [0.2, 0.25) is 0 Å². The highest BCUT2D eigenvalue weighted by Gasteiger charge is 2.34. The largest absolute Gasteiger partial charge is 0.497 e. The van der Waals surface area contributed by atoms with E-state index in [1.165, 1.54) is 24.6 Å². The Labute approximate surface area is 154 Å². The maximum atomic E-state index is 13.0. The summed E-state index contributed by atoms with van der Waals surface area (Å²) >= 11 is 0. The van der Waals surface area contributed by atoms with Gasteiger partial charge in [-0.3, -0.25) is 4.79 Å². The Bertz CT molecular complexity index is 743. The van der Waals surface area contributed by atoms with E-state index in [9.17, 15) is 13.2 Å². The first-order valence-corrected chi connectivity index (χ1v) is 9.93. The first-order chi connectivity index (χ1) is 12.2. The first kappa shape index (κ1) is 20.5. The Morgan fingerprint density at radius 2 is 1.73 bits per heavy atom. The number of ether oxygens (including phenoxy) is 2. The SMILES string of the molecule is COc1ccc(OC)c(S(=O)(=O)N2CCN(C(=O)[C@@H](N)C(C)C)CC2)c1. The van der Waals surface area contributed by atoms with Crippen molar-refractivity contribution in [1.29, 1.82) is 0 Å². The smallest absolute Gasteiger partial charge is 0.247 e. The molecule has 1 aliphatic rings. The molecule has 1 saturated heterocycles. The van der Waals surface area contributed by atoms with Crippen molar-refractivity contribution in [2.24, 2.45) is 11.7 Å². The lowest BCUT2D eigenvalue weighted by molar-refractivity contribution is -0.134. The summed E-state index contributed by atoms with van der Waals surface area (Å²) in [6.07, 6.45) is 0. The van der Waals surface area contributed by atoms with E-state index in [2.05, 4.69) is 0 Å². The van der Waals surface area contributed by atoms with E-state index in [0.717, 1.165) is 0 Å². The molecule has 0 bridgehead atoms. The lowest BCUT2D eigenvalue weighted by Crippen LogP contribution is -2.55. The lowest BCUT2D eigenvalue weighted by Gasteiger charge is -2.35. The van der Waals surface area contributed by atoms with Gasteiger partial charge in [0.1, 0.15) is 16.4 Å². The number of rotatable bonds is 6. The van der Waals surface area contributed by atoms with Crippen LogP contribution in [0.4, 0.5) is 0 Å². The van der Waals surface area contributed by atoms with Crippen molar-refractivity contribution < 1.29 is 22.7 Å². The number of nitrogens with zero attached hydrogens (tertiary/aromatic N) is 2. The lowest BCUT2D eigenvalue weighted by atomic mass is 10.0. The van der Waals surface area contributed by atoms with Gasteiger partial charge in [-0.05, 0) is 18.1 Å². The minimum absolute atomic E-state index is 0.0327. The second-order valence-electron chi connectivity index (χ2n) is 6.52. The molecule has 9 heteroatoms. The Kier molecular flexibility index (Phi) is 6.48. The number of methoxy groups -OCH3 is 2. The van der Waals surface area contributed by atoms with Gasteiger partial charge >= 0.3 is 0 Å². The zero-order valence-corrected chi connectivity index (χ0v) is 16.5. The van der Waals surface area contributed by atoms with Crippen molar-refractivity contribution in [2.45, 2.75) is 24.8 Å². The van der Waals surface area contributed by atoms with Crippen LogP contribution in [0.3, 0.4) is 0 Å². The highest BCUT2D eigenvalue weighted by Crippen LogP contribution is 2.31. The minimum atomic E-state index is -3.76. The van der Waals surface area contributed by atoms with E-state index in [-0.39, 0.29) is 35.6 Å². The van der Waals surface area contributed by atoms with Crippen molar-refractivity contribution in [2.75, 3.05) is 40.4 Å². The Hall–Kier alpha value is -1.84. The van der Waals surface area contributed by atoms with Crippen LogP contribution in [0.15, 0.2) is 23.1 Å². The van der Waals surface area contributed by atoms with Crippen LogP contribution in [0, 0.1) is 5.92 Å². The number of carbonyl (C=O) groups is 1. The third-order valence-corrected chi connectivity index (χ3v) is 6.46. The number of piperazine rings is 1. The molecule has 1 heterocycles. The Balaban J connectivity index is 2.17. The van der Waals surface area contributed by atoms with Crippen LogP contribution in [0.1, 0.15) is 13.8 Å². The third-order valence-electron chi connectivity index (χ3n) is 4.54. The average Bonchev–Trinajstić information content (AvgIpc) is 2.66. The van der Waals surface area contributed by atoms with Crippen LogP contribution < -0.4 is 15.2 Å². The summed E-state index contributed by atoms with van der Waals surface area (Å²) in [5.41, 5.74) is 5.92. The summed E-state index contributed by atoms with van der Waals surface area (Å²) in [6, 6.07) is 4.08. The number of hydrogen-bond acceptors (Lipinski definition) is 6. The molecule has 146 valence electrons. The zero-order chi connectivity index (χ0) is 19.5. The van der Waals surface area contributed by atoms with Crippen LogP contribution in [-0.2, 0) is 14.8 Å². The van der Waals surface area contributed by atoms with Crippen molar-refractivity contribution >= 4 is 15.9 Å². The quantitative estimate of drug-likeness (QED) is 0.766. The van der Waals surface area contributed by atoms with E-state index >= 15 is 0 Å². The van der Waals surface area contributed by atoms with Gasteiger partial charge in [0.15, 0.2) is 0 Å². The van der Waals surface area contributed by atoms with Crippen molar-refractivity contribution in [3.8, 4) is 11.5 Å². The molecule has 1 fully saturated rings. The molecular formula is C17H27N3O5S. The zero-order valence-electron chi connectivity index (χ0n) is 15.6. The van der Waals surface area contributed by atoms with Gasteiger partial charge in [-0.1, -0.05) is 13.8 Å². The summed E-state index contributed by atoms with van der Waals surface area (Å²) in [5, 5.41) is 0. The summed E-state index contributed by atoms with van der Waals surface area (Å²) in [4.78, 5) is 14.0. The second-order valence-corrected chi connectivity index (χ2v) is 8.42. The number of carbonyl (C=O) groups excluding carboxylic acids is 1. The number of nitrogens with two attached hydrogens (primary N) is 1. The normalized spacial score (nSPS) is 17.2. The van der Waals surface area contributed by atoms with Crippen LogP contribution in [0.25, 0.3) is 0 Å². The fourth-order valence-corrected chi connectivity index (χ4v) is 4.36. The van der Waals surface area contributed by atoms with Gasteiger partial charge in [0.05, 0.1) is 20.3 Å². The van der Waals surface area contributed by atoms with Gasteiger partial charge in [-0.15, -0.1) is 0 Å². The first-order valence-electron chi connectivity index (χ1n) is 8.49. The fraction of sp³-hybridized carbons (Fsp3) is 0.588. The van der Waals surface area contributed by atoms with Gasteiger partial charge in [0, 0.05) is 32.2 Å². The summed E-state index contributed by atoms with van der Waals surface area (Å²) < 4.78 is 37.7. The Morgan fingerprint density at radius 3 is 2.23 bits per heavy atom. The van der Waals surface area contributed by atoms with Crippen LogP contribution in [-0.4, -0.2) is 70.0 Å². The second kappa shape index (κ2) is 8.24. The topological polar surface area (TPSA) is 102 Å². The summed E-state index contributed by atoms with van der Waals surface area (Å²) in [5.74, 6) is 0.577. The third kappa shape index (κ3) is 4.11. The average molecular weight is 385 g/mol. The summed E-state index contributed by atoms with van der Waals surface area (Å²) in [7, 11) is -0.870. The molecule has 0 radical (unpaired) electrons. The molecular weight excluding hydrogens is 358 g/mol. The van der Waals surface area contributed by atoms with Gasteiger partial charge in [0.2, 0.25) is 15.9 Å². The Morgan fingerprint density at radius 1 is 1.12 bits per heavy atom. The molecule has 1 amide bonds. The molecule has 2 N–H and O–H groups in total. The fourth-order valence-electron chi connectivity index (χ4n) is 2.77. The molecule has 2 rings (SSSR count). The standard InChI is InChI=1S/C17H27N3O5S/c1-12(2)16(18)17(21)19-7-9-20(10-8-19)26(22,23)15-11-13(24-3)5-6-14(15)25-4/h5-6,11-12,16H,7-10,18H2,1-4H3/t16-/m0/s1. The highest BCUT2D eigenvalue weighted by molar-refractivity contribution is 7.89. The predicted molar refractivity (Wildman–Crippen MR) is 97.7 cm³/mol. The molecule has 0 spiro atoms. The van der Waals surface area contributed by atoms with Gasteiger partial charge in [0.25, 0.3) is 0 Å². The number of hydrogen-bond donors (Lipinski definition) is 1. The van der Waals surface area contributed by atoms with Crippen molar-refractivity contribution in [1.82, 2.24) is 9.21 Å². The van der Waals surface area contributed by atoms with E-state index in [0.29, 0.717) is 18.8 Å². The number of sulfonamides is 1. The highest BCUT2D eigenvalue weighted by atomic mass is 32.2. The molecule has 0 aliphatic carbocycles. The number of benzene rings is 1. The predicted octanol–water partition coefficient (Wildman–Crippen LogP) is 0.520. The molecule has 1 aromatic rings. The summed E-state index contributed by atoms with van der Waals surface area (Å²) in [6.45, 7) is 4.81.